The Morgan fingerprint density at radius 3 is 2.73 bits per heavy atom. The second kappa shape index (κ2) is 7.03. The van der Waals surface area contributed by atoms with Gasteiger partial charge in [-0.15, -0.1) is 11.3 Å². The van der Waals surface area contributed by atoms with E-state index >= 15 is 0 Å². The molecule has 4 rings (SSSR count). The number of amides is 2. The molecule has 2 amide bonds. The van der Waals surface area contributed by atoms with Crippen LogP contribution < -0.4 is 9.80 Å². The molecule has 1 aromatic heterocycles. The second-order valence-corrected chi connectivity index (χ2v) is 7.39. The maximum absolute atomic E-state index is 13.4. The molecule has 0 radical (unpaired) electrons. The predicted octanol–water partition coefficient (Wildman–Crippen LogP) is 1.98. The molecule has 1 atom stereocenters. The fourth-order valence-electron chi connectivity index (χ4n) is 3.51. The largest absolute Gasteiger partial charge is 0.345 e. The number of rotatable bonds is 3. The molecule has 0 bridgehead atoms. The Hall–Kier alpha value is -2.48. The smallest absolute Gasteiger partial charge is 0.228 e. The molecule has 0 N–H and O–H groups in total. The monoisotopic (exact) mass is 374 g/mol. The van der Waals surface area contributed by atoms with Crippen molar-refractivity contribution in [1.82, 2.24) is 9.88 Å². The molecule has 2 aromatic rings. The first-order valence-electron chi connectivity index (χ1n) is 8.61. The van der Waals surface area contributed by atoms with Crippen LogP contribution in [-0.4, -0.2) is 54.4 Å². The van der Waals surface area contributed by atoms with E-state index in [1.807, 2.05) is 10.3 Å². The van der Waals surface area contributed by atoms with Crippen LogP contribution in [0.1, 0.15) is 6.42 Å². The Balaban J connectivity index is 1.38. The highest BCUT2D eigenvalue weighted by molar-refractivity contribution is 7.13. The van der Waals surface area contributed by atoms with Crippen LogP contribution in [0, 0.1) is 11.7 Å². The zero-order valence-corrected chi connectivity index (χ0v) is 15.0. The fourth-order valence-corrected chi connectivity index (χ4v) is 4.21. The van der Waals surface area contributed by atoms with Gasteiger partial charge in [0.25, 0.3) is 0 Å². The van der Waals surface area contributed by atoms with E-state index in [0.717, 1.165) is 18.2 Å². The summed E-state index contributed by atoms with van der Waals surface area (Å²) in [7, 11) is 0. The minimum atomic E-state index is -0.386. The highest BCUT2D eigenvalue weighted by Crippen LogP contribution is 2.27. The number of hydrogen-bond acceptors (Lipinski definition) is 5. The maximum Gasteiger partial charge on any atom is 0.228 e. The summed E-state index contributed by atoms with van der Waals surface area (Å²) in [6.07, 6.45) is 1.96. The van der Waals surface area contributed by atoms with Gasteiger partial charge in [0.05, 0.1) is 5.92 Å². The highest BCUT2D eigenvalue weighted by atomic mass is 32.1. The first kappa shape index (κ1) is 17.0. The molecule has 0 saturated carbocycles. The summed E-state index contributed by atoms with van der Waals surface area (Å²) in [6, 6.07) is 5.94. The van der Waals surface area contributed by atoms with Crippen molar-refractivity contribution in [3.63, 3.8) is 0 Å². The number of piperazine rings is 1. The molecule has 0 spiro atoms. The van der Waals surface area contributed by atoms with Gasteiger partial charge in [0.2, 0.25) is 11.8 Å². The van der Waals surface area contributed by atoms with Gasteiger partial charge in [-0.1, -0.05) is 6.07 Å². The van der Waals surface area contributed by atoms with Gasteiger partial charge in [-0.25, -0.2) is 9.37 Å². The number of thiazole rings is 1. The van der Waals surface area contributed by atoms with Gasteiger partial charge >= 0.3 is 0 Å². The third-order valence-electron chi connectivity index (χ3n) is 4.88. The van der Waals surface area contributed by atoms with Crippen LogP contribution in [0.5, 0.6) is 0 Å². The first-order valence-corrected chi connectivity index (χ1v) is 9.49. The molecular weight excluding hydrogens is 355 g/mol. The zero-order chi connectivity index (χ0) is 18.1. The maximum atomic E-state index is 13.4. The zero-order valence-electron chi connectivity index (χ0n) is 14.2. The molecule has 26 heavy (non-hydrogen) atoms. The second-order valence-electron chi connectivity index (χ2n) is 6.51. The number of benzene rings is 1. The van der Waals surface area contributed by atoms with Gasteiger partial charge in [0, 0.05) is 56.4 Å². The first-order chi connectivity index (χ1) is 12.6. The number of aromatic nitrogens is 1. The van der Waals surface area contributed by atoms with Crippen LogP contribution in [0.3, 0.4) is 0 Å². The van der Waals surface area contributed by atoms with E-state index in [9.17, 15) is 14.0 Å². The Bertz CT molecular complexity index is 805. The van der Waals surface area contributed by atoms with Gasteiger partial charge in [-0.2, -0.15) is 0 Å². The molecule has 2 saturated heterocycles. The molecule has 136 valence electrons. The Morgan fingerprint density at radius 2 is 2.04 bits per heavy atom. The van der Waals surface area contributed by atoms with Crippen LogP contribution >= 0.6 is 11.3 Å². The van der Waals surface area contributed by atoms with Crippen LogP contribution in [0.4, 0.5) is 15.2 Å². The summed E-state index contributed by atoms with van der Waals surface area (Å²) in [6.45, 7) is 3.06. The molecule has 0 aliphatic carbocycles. The summed E-state index contributed by atoms with van der Waals surface area (Å²) in [5, 5.41) is 2.92. The summed E-state index contributed by atoms with van der Waals surface area (Å²) in [5.41, 5.74) is 0.513. The molecule has 3 heterocycles. The van der Waals surface area contributed by atoms with Crippen molar-refractivity contribution in [3.05, 3.63) is 41.7 Å². The molecule has 0 unspecified atom stereocenters. The van der Waals surface area contributed by atoms with Gasteiger partial charge in [-0.05, 0) is 18.2 Å². The van der Waals surface area contributed by atoms with E-state index in [4.69, 9.17) is 0 Å². The lowest BCUT2D eigenvalue weighted by Gasteiger charge is -2.35. The van der Waals surface area contributed by atoms with Crippen molar-refractivity contribution in [1.29, 1.82) is 0 Å². The summed E-state index contributed by atoms with van der Waals surface area (Å²) in [4.78, 5) is 35.0. The average molecular weight is 374 g/mol. The normalized spacial score (nSPS) is 20.7. The lowest BCUT2D eigenvalue weighted by Crippen LogP contribution is -2.50. The number of nitrogens with zero attached hydrogens (tertiary/aromatic N) is 4. The Labute approximate surface area is 154 Å². The Morgan fingerprint density at radius 1 is 1.23 bits per heavy atom. The topological polar surface area (TPSA) is 56.8 Å². The van der Waals surface area contributed by atoms with E-state index in [-0.39, 0.29) is 30.0 Å². The summed E-state index contributed by atoms with van der Waals surface area (Å²) < 4.78 is 13.4. The number of carbonyl (C=O) groups is 2. The number of anilines is 2. The minimum absolute atomic E-state index is 0.0102. The van der Waals surface area contributed by atoms with Gasteiger partial charge < -0.3 is 14.7 Å². The molecule has 2 aliphatic heterocycles. The number of hydrogen-bond donors (Lipinski definition) is 0. The molecule has 1 aromatic carbocycles. The van der Waals surface area contributed by atoms with Gasteiger partial charge in [0.1, 0.15) is 5.82 Å². The average Bonchev–Trinajstić information content (AvgIpc) is 3.31. The fraction of sp³-hybridized carbons (Fsp3) is 0.389. The van der Waals surface area contributed by atoms with Crippen molar-refractivity contribution < 1.29 is 14.0 Å². The van der Waals surface area contributed by atoms with E-state index in [2.05, 4.69) is 9.88 Å². The van der Waals surface area contributed by atoms with Crippen LogP contribution in [-0.2, 0) is 9.59 Å². The lowest BCUT2D eigenvalue weighted by atomic mass is 10.1. The quantitative estimate of drug-likeness (QED) is 0.824. The third kappa shape index (κ3) is 3.29. The van der Waals surface area contributed by atoms with Crippen molar-refractivity contribution in [2.45, 2.75) is 6.42 Å². The van der Waals surface area contributed by atoms with E-state index in [0.29, 0.717) is 25.3 Å². The lowest BCUT2D eigenvalue weighted by molar-refractivity contribution is -0.136. The van der Waals surface area contributed by atoms with E-state index < -0.39 is 0 Å². The molecule has 6 nitrogen and oxygen atoms in total. The summed E-state index contributed by atoms with van der Waals surface area (Å²) >= 11 is 1.59. The van der Waals surface area contributed by atoms with Crippen molar-refractivity contribution in [2.24, 2.45) is 5.92 Å². The van der Waals surface area contributed by atoms with Gasteiger partial charge in [-0.3, -0.25) is 9.59 Å². The van der Waals surface area contributed by atoms with Gasteiger partial charge in [0.15, 0.2) is 5.13 Å². The van der Waals surface area contributed by atoms with Crippen LogP contribution in [0.25, 0.3) is 0 Å². The minimum Gasteiger partial charge on any atom is -0.345 e. The predicted molar refractivity (Wildman–Crippen MR) is 97.8 cm³/mol. The Kier molecular flexibility index (Phi) is 4.58. The molecule has 2 aliphatic rings. The van der Waals surface area contributed by atoms with Crippen molar-refractivity contribution >= 4 is 34.0 Å². The van der Waals surface area contributed by atoms with E-state index in [1.165, 1.54) is 17.0 Å². The van der Waals surface area contributed by atoms with Crippen LogP contribution in [0.2, 0.25) is 0 Å². The van der Waals surface area contributed by atoms with Crippen molar-refractivity contribution in [3.8, 4) is 0 Å². The van der Waals surface area contributed by atoms with Crippen molar-refractivity contribution in [2.75, 3.05) is 42.5 Å². The number of carbonyl (C=O) groups excluding carboxylic acids is 2. The third-order valence-corrected chi connectivity index (χ3v) is 5.71. The molecule has 2 fully saturated rings. The molecule has 8 heteroatoms. The van der Waals surface area contributed by atoms with Crippen LogP contribution in [0.15, 0.2) is 35.8 Å². The highest BCUT2D eigenvalue weighted by Gasteiger charge is 2.38. The summed E-state index contributed by atoms with van der Waals surface area (Å²) in [5.74, 6) is -0.869. The SMILES string of the molecule is O=C([C@H]1CC(=O)N(c2cccc(F)c2)C1)N1CCN(c2nccs2)CC1. The molecular formula is C18H19FN4O2S. The van der Waals surface area contributed by atoms with E-state index in [1.54, 1.807) is 29.7 Å². The number of halogens is 1. The standard InChI is InChI=1S/C18H19FN4O2S/c19-14-2-1-3-15(11-14)23-12-13(10-16(23)24)17(25)21-5-7-22(8-6-21)18-20-4-9-26-18/h1-4,9,11,13H,5-8,10,12H2/t13-/m0/s1.